The van der Waals surface area contributed by atoms with Crippen LogP contribution in [0.1, 0.15) is 28.8 Å². The predicted molar refractivity (Wildman–Crippen MR) is 218 cm³/mol. The summed E-state index contributed by atoms with van der Waals surface area (Å²) in [7, 11) is -4.46. The Morgan fingerprint density at radius 2 is 1.60 bits per heavy atom. The van der Waals surface area contributed by atoms with Crippen LogP contribution in [-0.4, -0.2) is 62.1 Å². The van der Waals surface area contributed by atoms with Crippen molar-refractivity contribution in [2.24, 2.45) is 0 Å². The van der Waals surface area contributed by atoms with E-state index in [0.29, 0.717) is 17.2 Å². The zero-order valence-electron chi connectivity index (χ0n) is 29.8. The van der Waals surface area contributed by atoms with Gasteiger partial charge in [0.1, 0.15) is 5.69 Å². The minimum Gasteiger partial charge on any atom is -0.376 e. The van der Waals surface area contributed by atoms with Crippen molar-refractivity contribution in [3.8, 4) is 17.2 Å². The lowest BCUT2D eigenvalue weighted by molar-refractivity contribution is -0.384. The highest BCUT2D eigenvalue weighted by atomic mass is 35.5. The molecular weight excluding hydrogens is 756 g/mol. The largest absolute Gasteiger partial charge is 0.376 e. The number of rotatable bonds is 15. The van der Waals surface area contributed by atoms with Gasteiger partial charge in [-0.1, -0.05) is 66.2 Å². The molecule has 2 N–H and O–H groups in total. The molecule has 1 saturated heterocycles. The Morgan fingerprint density at radius 1 is 0.909 bits per heavy atom. The summed E-state index contributed by atoms with van der Waals surface area (Å²) in [5.74, 6) is -0.329. The molecule has 0 bridgehead atoms. The van der Waals surface area contributed by atoms with E-state index in [1.165, 1.54) is 23.3 Å². The van der Waals surface area contributed by atoms with Crippen molar-refractivity contribution in [3.05, 3.63) is 148 Å². The zero-order chi connectivity index (χ0) is 38.8. The third-order valence-corrected chi connectivity index (χ3v) is 12.1. The van der Waals surface area contributed by atoms with Crippen molar-refractivity contribution >= 4 is 56.4 Å². The quantitative estimate of drug-likeness (QED) is 0.0603. The van der Waals surface area contributed by atoms with Gasteiger partial charge in [-0.25, -0.2) is 13.1 Å². The molecule has 1 aliphatic rings. The van der Waals surface area contributed by atoms with Gasteiger partial charge in [-0.05, 0) is 83.8 Å². The molecule has 11 nitrogen and oxygen atoms in total. The molecule has 6 rings (SSSR count). The van der Waals surface area contributed by atoms with Crippen LogP contribution in [0.25, 0.3) is 11.1 Å². The van der Waals surface area contributed by atoms with Crippen LogP contribution in [-0.2, 0) is 16.6 Å². The third-order valence-electron chi connectivity index (χ3n) is 9.30. The SMILES string of the molecule is N#CCC[C@H](CSc1ccccc1)Nc1ccc(S(=O)(=O)NC(=O)c2ccc(N3CCN(Cc4ccccc4-c4ccc(Cl)cc4)CC3)cc2)cc1[N+](=O)[O-]. The number of nitro benzene ring substituents is 1. The van der Waals surface area contributed by atoms with Crippen molar-refractivity contribution in [3.63, 3.8) is 0 Å². The van der Waals surface area contributed by atoms with Gasteiger partial charge >= 0.3 is 0 Å². The Balaban J connectivity index is 1.06. The van der Waals surface area contributed by atoms with E-state index < -0.39 is 31.4 Å². The first kappa shape index (κ1) is 39.3. The molecule has 0 unspecified atom stereocenters. The zero-order valence-corrected chi connectivity index (χ0v) is 32.2. The number of piperazine rings is 1. The number of benzene rings is 5. The van der Waals surface area contributed by atoms with Crippen molar-refractivity contribution in [2.75, 3.05) is 42.1 Å². The smallest absolute Gasteiger partial charge is 0.293 e. The molecule has 282 valence electrons. The molecule has 1 atom stereocenters. The van der Waals surface area contributed by atoms with E-state index in [-0.39, 0.29) is 23.7 Å². The molecule has 55 heavy (non-hydrogen) atoms. The highest BCUT2D eigenvalue weighted by molar-refractivity contribution is 7.99. The summed E-state index contributed by atoms with van der Waals surface area (Å²) < 4.78 is 28.6. The summed E-state index contributed by atoms with van der Waals surface area (Å²) >= 11 is 7.65. The van der Waals surface area contributed by atoms with Gasteiger partial charge in [0.2, 0.25) is 0 Å². The van der Waals surface area contributed by atoms with Crippen LogP contribution in [0.5, 0.6) is 0 Å². The molecule has 0 radical (unpaired) electrons. The number of anilines is 2. The number of carbonyl (C=O) groups excluding carboxylic acids is 1. The molecule has 0 saturated carbocycles. The molecule has 1 amide bonds. The highest BCUT2D eigenvalue weighted by Gasteiger charge is 2.26. The van der Waals surface area contributed by atoms with Crippen LogP contribution in [0.4, 0.5) is 17.1 Å². The second-order valence-corrected chi connectivity index (χ2v) is 16.2. The summed E-state index contributed by atoms with van der Waals surface area (Å²) in [6, 6.07) is 37.8. The minimum atomic E-state index is -4.46. The van der Waals surface area contributed by atoms with Crippen LogP contribution >= 0.6 is 23.4 Å². The molecule has 0 aromatic heterocycles. The maximum absolute atomic E-state index is 13.3. The van der Waals surface area contributed by atoms with Crippen LogP contribution in [0.3, 0.4) is 0 Å². The first-order valence-electron chi connectivity index (χ1n) is 17.7. The second kappa shape index (κ2) is 18.3. The Hall–Kier alpha value is -5.39. The Kier molecular flexibility index (Phi) is 13.1. The molecule has 0 spiro atoms. The van der Waals surface area contributed by atoms with Crippen LogP contribution in [0.2, 0.25) is 5.02 Å². The maximum atomic E-state index is 13.3. The van der Waals surface area contributed by atoms with Gasteiger partial charge in [0.25, 0.3) is 21.6 Å². The first-order chi connectivity index (χ1) is 26.6. The molecule has 1 aliphatic heterocycles. The number of halogens is 1. The van der Waals surface area contributed by atoms with E-state index in [1.54, 1.807) is 36.0 Å². The predicted octanol–water partition coefficient (Wildman–Crippen LogP) is 8.23. The lowest BCUT2D eigenvalue weighted by Gasteiger charge is -2.36. The number of amides is 1. The summed E-state index contributed by atoms with van der Waals surface area (Å²) in [6.45, 7) is 4.03. The summed E-state index contributed by atoms with van der Waals surface area (Å²) in [4.78, 5) is 29.7. The van der Waals surface area contributed by atoms with E-state index in [0.717, 1.165) is 54.9 Å². The number of hydrogen-bond acceptors (Lipinski definition) is 10. The Labute approximate surface area is 330 Å². The number of nitrogens with zero attached hydrogens (tertiary/aromatic N) is 4. The van der Waals surface area contributed by atoms with E-state index >= 15 is 0 Å². The number of nitro groups is 1. The van der Waals surface area contributed by atoms with Gasteiger partial charge in [0.15, 0.2) is 0 Å². The number of nitriles is 1. The van der Waals surface area contributed by atoms with E-state index in [9.17, 15) is 23.3 Å². The van der Waals surface area contributed by atoms with Crippen molar-refractivity contribution in [2.45, 2.75) is 35.2 Å². The monoisotopic (exact) mass is 794 g/mol. The van der Waals surface area contributed by atoms with Crippen molar-refractivity contribution < 1.29 is 18.1 Å². The maximum Gasteiger partial charge on any atom is 0.293 e. The summed E-state index contributed by atoms with van der Waals surface area (Å²) in [5, 5.41) is 25.1. The standard InChI is InChI=1S/C41H39ClN6O5S2/c42-33-16-12-30(13-17-33)38-11-5-4-7-32(38)28-46-23-25-47(26-24-46)35-18-14-31(15-19-35)41(49)45-55(52,53)37-20-21-39(40(27-37)48(50)51)44-34(8-6-22-43)29-54-36-9-2-1-3-10-36/h1-5,7,9-21,27,34,44H,6,8,23-26,28-29H2,(H,45,49)/t34-/m1/s1. The lowest BCUT2D eigenvalue weighted by atomic mass is 9.99. The number of thioether (sulfide) groups is 1. The van der Waals surface area contributed by atoms with Crippen molar-refractivity contribution in [1.82, 2.24) is 9.62 Å². The first-order valence-corrected chi connectivity index (χ1v) is 20.5. The molecule has 0 aliphatic carbocycles. The number of sulfonamides is 1. The molecular formula is C41H39ClN6O5S2. The highest BCUT2D eigenvalue weighted by Crippen LogP contribution is 2.31. The van der Waals surface area contributed by atoms with Gasteiger partial charge in [0.05, 0.1) is 15.9 Å². The van der Waals surface area contributed by atoms with Gasteiger partial charge in [0, 0.05) is 78.2 Å². The van der Waals surface area contributed by atoms with Gasteiger partial charge in [-0.3, -0.25) is 19.8 Å². The average molecular weight is 795 g/mol. The Bertz CT molecular complexity index is 2260. The fourth-order valence-electron chi connectivity index (χ4n) is 6.36. The number of carbonyl (C=O) groups is 1. The van der Waals surface area contributed by atoms with Crippen LogP contribution < -0.4 is 14.9 Å². The summed E-state index contributed by atoms with van der Waals surface area (Å²) in [5.41, 5.74) is 4.23. The molecule has 5 aromatic carbocycles. The van der Waals surface area contributed by atoms with Gasteiger partial charge in [-0.15, -0.1) is 11.8 Å². The molecule has 1 fully saturated rings. The Morgan fingerprint density at radius 3 is 2.29 bits per heavy atom. The van der Waals surface area contributed by atoms with E-state index in [4.69, 9.17) is 16.9 Å². The van der Waals surface area contributed by atoms with E-state index in [1.807, 2.05) is 60.7 Å². The normalized spacial score (nSPS) is 13.8. The average Bonchev–Trinajstić information content (AvgIpc) is 3.20. The van der Waals surface area contributed by atoms with Gasteiger partial charge < -0.3 is 10.2 Å². The van der Waals surface area contributed by atoms with Crippen LogP contribution in [0, 0.1) is 21.4 Å². The number of hydrogen-bond donors (Lipinski definition) is 2. The lowest BCUT2D eigenvalue weighted by Crippen LogP contribution is -2.46. The van der Waals surface area contributed by atoms with Crippen LogP contribution in [0.15, 0.2) is 131 Å². The van der Waals surface area contributed by atoms with Crippen molar-refractivity contribution in [1.29, 1.82) is 5.26 Å². The minimum absolute atomic E-state index is 0.117. The summed E-state index contributed by atoms with van der Waals surface area (Å²) in [6.07, 6.45) is 0.665. The number of nitrogens with one attached hydrogen (secondary N) is 2. The molecule has 1 heterocycles. The second-order valence-electron chi connectivity index (χ2n) is 13.0. The molecule has 14 heteroatoms. The van der Waals surface area contributed by atoms with Gasteiger partial charge in [-0.2, -0.15) is 5.26 Å². The van der Waals surface area contributed by atoms with E-state index in [2.05, 4.69) is 44.1 Å². The fraction of sp³-hybridized carbons (Fsp3) is 0.220. The fourth-order valence-corrected chi connectivity index (χ4v) is 8.47. The third kappa shape index (κ3) is 10.4. The molecule has 5 aromatic rings. The topological polar surface area (TPSA) is 149 Å².